The molecule has 0 saturated carbocycles. The molecule has 2 nitrogen and oxygen atoms in total. The number of benzene rings is 10. The monoisotopic (exact) mass is 765 g/mol. The predicted octanol–water partition coefficient (Wildman–Crippen LogP) is 16.5. The fourth-order valence-corrected chi connectivity index (χ4v) is 8.68. The van der Waals surface area contributed by atoms with Crippen molar-refractivity contribution in [2.75, 3.05) is 4.90 Å². The lowest BCUT2D eigenvalue weighted by molar-refractivity contribution is 0.669. The molecule has 0 bridgehead atoms. The third kappa shape index (κ3) is 6.51. The average molecular weight is 766 g/mol. The standard InChI is InChI=1S/C58H39NO/c1-4-14-40(15-5-1)44-26-30-51(31-27-44)59(52-32-28-45(29-33-52)47-25-24-43-20-10-11-21-46(43)36-47)54-34-35-56-58(53-22-12-13-23-55(53)60-56)57(54)50-38-48(41-16-6-2-7-17-41)37-49(39-50)42-18-8-3-9-19-42/h1-39H. The van der Waals surface area contributed by atoms with E-state index in [4.69, 9.17) is 4.42 Å². The number of para-hydroxylation sites is 1. The van der Waals surface area contributed by atoms with Crippen LogP contribution in [0.5, 0.6) is 0 Å². The van der Waals surface area contributed by atoms with E-state index in [0.717, 1.165) is 61.3 Å². The van der Waals surface area contributed by atoms with Crippen LogP contribution >= 0.6 is 0 Å². The molecular formula is C58H39NO. The van der Waals surface area contributed by atoms with E-state index in [2.05, 4.69) is 235 Å². The van der Waals surface area contributed by atoms with E-state index >= 15 is 0 Å². The second kappa shape index (κ2) is 15.1. The van der Waals surface area contributed by atoms with E-state index in [0.29, 0.717) is 0 Å². The highest BCUT2D eigenvalue weighted by Gasteiger charge is 2.24. The summed E-state index contributed by atoms with van der Waals surface area (Å²) in [4.78, 5) is 2.41. The van der Waals surface area contributed by atoms with Gasteiger partial charge in [0.05, 0.1) is 5.69 Å². The molecule has 10 aromatic carbocycles. The molecule has 0 radical (unpaired) electrons. The summed E-state index contributed by atoms with van der Waals surface area (Å²) in [7, 11) is 0. The summed E-state index contributed by atoms with van der Waals surface area (Å²) >= 11 is 0. The highest BCUT2D eigenvalue weighted by Crippen LogP contribution is 2.49. The molecule has 0 spiro atoms. The summed E-state index contributed by atoms with van der Waals surface area (Å²) in [5, 5.41) is 4.65. The molecule has 0 N–H and O–H groups in total. The number of hydrogen-bond acceptors (Lipinski definition) is 2. The smallest absolute Gasteiger partial charge is 0.136 e. The fourth-order valence-electron chi connectivity index (χ4n) is 8.68. The SMILES string of the molecule is c1ccc(-c2ccc(N(c3ccc(-c4ccc5ccccc5c4)cc3)c3ccc4oc5ccccc5c4c3-c3cc(-c4ccccc4)cc(-c4ccccc4)c3)cc2)cc1. The maximum Gasteiger partial charge on any atom is 0.136 e. The minimum absolute atomic E-state index is 0.854. The summed E-state index contributed by atoms with van der Waals surface area (Å²) in [5.74, 6) is 0. The first-order valence-corrected chi connectivity index (χ1v) is 20.5. The number of furan rings is 1. The molecule has 0 aliphatic carbocycles. The van der Waals surface area contributed by atoms with Crippen LogP contribution in [0.25, 0.3) is 88.3 Å². The third-order valence-electron chi connectivity index (χ3n) is 11.6. The molecule has 11 aromatic rings. The highest BCUT2D eigenvalue weighted by molar-refractivity contribution is 6.17. The zero-order valence-electron chi connectivity index (χ0n) is 32.9. The molecule has 0 aliphatic rings. The molecule has 60 heavy (non-hydrogen) atoms. The van der Waals surface area contributed by atoms with Gasteiger partial charge in [0.2, 0.25) is 0 Å². The molecule has 1 heterocycles. The Hall–Kier alpha value is -7.94. The number of rotatable bonds is 8. The molecule has 0 atom stereocenters. The lowest BCUT2D eigenvalue weighted by Gasteiger charge is -2.29. The normalized spacial score (nSPS) is 11.3. The van der Waals surface area contributed by atoms with Gasteiger partial charge >= 0.3 is 0 Å². The van der Waals surface area contributed by atoms with Crippen molar-refractivity contribution in [2.45, 2.75) is 0 Å². The second-order valence-electron chi connectivity index (χ2n) is 15.3. The Balaban J connectivity index is 1.16. The first-order chi connectivity index (χ1) is 29.7. The summed E-state index contributed by atoms with van der Waals surface area (Å²) < 4.78 is 6.63. The quantitative estimate of drug-likeness (QED) is 0.153. The average Bonchev–Trinajstić information content (AvgIpc) is 3.71. The van der Waals surface area contributed by atoms with Crippen LogP contribution in [0.2, 0.25) is 0 Å². The van der Waals surface area contributed by atoms with Crippen LogP contribution < -0.4 is 4.90 Å². The maximum absolute atomic E-state index is 6.63. The summed E-state index contributed by atoms with van der Waals surface area (Å²) in [6.45, 7) is 0. The highest BCUT2D eigenvalue weighted by atomic mass is 16.3. The largest absolute Gasteiger partial charge is 0.456 e. The number of anilines is 3. The Bertz CT molecular complexity index is 3220. The summed E-state index contributed by atoms with van der Waals surface area (Å²) in [6, 6.07) is 85.0. The Morgan fingerprint density at radius 3 is 1.37 bits per heavy atom. The Morgan fingerprint density at radius 1 is 0.283 bits per heavy atom. The van der Waals surface area contributed by atoms with Gasteiger partial charge in [0.1, 0.15) is 11.2 Å². The van der Waals surface area contributed by atoms with Crippen molar-refractivity contribution in [3.8, 4) is 55.6 Å². The predicted molar refractivity (Wildman–Crippen MR) is 253 cm³/mol. The van der Waals surface area contributed by atoms with Gasteiger partial charge in [-0.05, 0) is 128 Å². The van der Waals surface area contributed by atoms with Crippen molar-refractivity contribution in [3.63, 3.8) is 0 Å². The van der Waals surface area contributed by atoms with Gasteiger partial charge in [-0.15, -0.1) is 0 Å². The molecule has 0 aliphatic heterocycles. The topological polar surface area (TPSA) is 16.4 Å². The van der Waals surface area contributed by atoms with Gasteiger partial charge in [0.25, 0.3) is 0 Å². The van der Waals surface area contributed by atoms with Crippen molar-refractivity contribution in [2.24, 2.45) is 0 Å². The lowest BCUT2D eigenvalue weighted by Crippen LogP contribution is -2.11. The summed E-state index contributed by atoms with van der Waals surface area (Å²) in [5.41, 5.74) is 16.5. The molecule has 0 amide bonds. The zero-order chi connectivity index (χ0) is 39.8. The molecule has 0 fully saturated rings. The van der Waals surface area contributed by atoms with Crippen LogP contribution in [0.4, 0.5) is 17.1 Å². The van der Waals surface area contributed by atoms with E-state index < -0.39 is 0 Å². The van der Waals surface area contributed by atoms with E-state index in [-0.39, 0.29) is 0 Å². The van der Waals surface area contributed by atoms with Crippen molar-refractivity contribution in [1.29, 1.82) is 0 Å². The Kier molecular flexibility index (Phi) is 8.87. The molecule has 2 heteroatoms. The zero-order valence-corrected chi connectivity index (χ0v) is 32.9. The van der Waals surface area contributed by atoms with Crippen molar-refractivity contribution in [1.82, 2.24) is 0 Å². The van der Waals surface area contributed by atoms with Gasteiger partial charge in [0, 0.05) is 27.7 Å². The Morgan fingerprint density at radius 2 is 0.750 bits per heavy atom. The molecule has 0 unspecified atom stereocenters. The molecule has 0 saturated heterocycles. The number of hydrogen-bond donors (Lipinski definition) is 0. The van der Waals surface area contributed by atoms with Gasteiger partial charge in [-0.25, -0.2) is 0 Å². The van der Waals surface area contributed by atoms with E-state index in [9.17, 15) is 0 Å². The fraction of sp³-hybridized carbons (Fsp3) is 0. The van der Waals surface area contributed by atoms with Crippen molar-refractivity contribution in [3.05, 3.63) is 237 Å². The third-order valence-corrected chi connectivity index (χ3v) is 11.6. The van der Waals surface area contributed by atoms with Crippen LogP contribution in [0.1, 0.15) is 0 Å². The van der Waals surface area contributed by atoms with Crippen LogP contribution in [-0.4, -0.2) is 0 Å². The second-order valence-corrected chi connectivity index (χ2v) is 15.3. The van der Waals surface area contributed by atoms with Gasteiger partial charge in [-0.1, -0.05) is 170 Å². The molecular weight excluding hydrogens is 727 g/mol. The summed E-state index contributed by atoms with van der Waals surface area (Å²) in [6.07, 6.45) is 0. The van der Waals surface area contributed by atoms with Crippen LogP contribution in [0.15, 0.2) is 241 Å². The number of nitrogens with zero attached hydrogens (tertiary/aromatic N) is 1. The van der Waals surface area contributed by atoms with Gasteiger partial charge in [-0.2, -0.15) is 0 Å². The van der Waals surface area contributed by atoms with Crippen LogP contribution in [0, 0.1) is 0 Å². The van der Waals surface area contributed by atoms with E-state index in [1.54, 1.807) is 0 Å². The van der Waals surface area contributed by atoms with Gasteiger partial charge < -0.3 is 9.32 Å². The van der Waals surface area contributed by atoms with Crippen LogP contribution in [0.3, 0.4) is 0 Å². The molecule has 282 valence electrons. The first kappa shape index (κ1) is 35.2. The van der Waals surface area contributed by atoms with Crippen molar-refractivity contribution >= 4 is 49.8 Å². The minimum Gasteiger partial charge on any atom is -0.456 e. The molecule has 1 aromatic heterocycles. The lowest BCUT2D eigenvalue weighted by atomic mass is 9.90. The maximum atomic E-state index is 6.63. The Labute approximate surface area is 349 Å². The van der Waals surface area contributed by atoms with Crippen molar-refractivity contribution < 1.29 is 4.42 Å². The molecule has 11 rings (SSSR count). The van der Waals surface area contributed by atoms with E-state index in [1.807, 2.05) is 6.07 Å². The van der Waals surface area contributed by atoms with Gasteiger partial charge in [-0.3, -0.25) is 0 Å². The van der Waals surface area contributed by atoms with Crippen LogP contribution in [-0.2, 0) is 0 Å². The number of fused-ring (bicyclic) bond motifs is 4. The van der Waals surface area contributed by atoms with Gasteiger partial charge in [0.15, 0.2) is 0 Å². The first-order valence-electron chi connectivity index (χ1n) is 20.5. The minimum atomic E-state index is 0.854. The van der Waals surface area contributed by atoms with E-state index in [1.165, 1.54) is 44.2 Å².